The fourth-order valence-corrected chi connectivity index (χ4v) is 2.12. The Bertz CT molecular complexity index is 737. The van der Waals surface area contributed by atoms with Crippen molar-refractivity contribution in [3.8, 4) is 11.5 Å². The first-order chi connectivity index (χ1) is 10.6. The van der Waals surface area contributed by atoms with E-state index < -0.39 is 11.5 Å². The van der Waals surface area contributed by atoms with Gasteiger partial charge in [0.25, 0.3) is 11.5 Å². The molecule has 0 aliphatic rings. The zero-order chi connectivity index (χ0) is 16.1. The molecule has 0 atom stereocenters. The van der Waals surface area contributed by atoms with Crippen LogP contribution in [0.25, 0.3) is 0 Å². The molecule has 0 unspecified atom stereocenters. The van der Waals surface area contributed by atoms with E-state index in [2.05, 4.69) is 10.3 Å². The van der Waals surface area contributed by atoms with Gasteiger partial charge in [-0.1, -0.05) is 6.07 Å². The summed E-state index contributed by atoms with van der Waals surface area (Å²) in [5.41, 5.74) is 1.21. The second-order valence-electron chi connectivity index (χ2n) is 4.74. The minimum absolute atomic E-state index is 0.128. The Labute approximate surface area is 128 Å². The summed E-state index contributed by atoms with van der Waals surface area (Å²) in [6, 6.07) is 7.05. The number of hydrogen-bond donors (Lipinski definition) is 2. The lowest BCUT2D eigenvalue weighted by molar-refractivity contribution is 0.0948. The largest absolute Gasteiger partial charge is 0.493 e. The van der Waals surface area contributed by atoms with Gasteiger partial charge in [-0.15, -0.1) is 0 Å². The predicted octanol–water partition coefficient (Wildman–Crippen LogP) is 1.63. The molecule has 0 saturated heterocycles. The highest BCUT2D eigenvalue weighted by atomic mass is 16.5. The fraction of sp³-hybridized carbons (Fsp3) is 0.250. The quantitative estimate of drug-likeness (QED) is 0.879. The number of carbonyl (C=O) groups is 1. The van der Waals surface area contributed by atoms with Crippen molar-refractivity contribution in [3.63, 3.8) is 0 Å². The molecule has 6 heteroatoms. The average Bonchev–Trinajstić information content (AvgIpc) is 2.52. The Kier molecular flexibility index (Phi) is 4.83. The van der Waals surface area contributed by atoms with Gasteiger partial charge < -0.3 is 19.8 Å². The molecule has 1 amide bonds. The Balaban J connectivity index is 2.13. The monoisotopic (exact) mass is 302 g/mol. The molecule has 1 aromatic carbocycles. The fourth-order valence-electron chi connectivity index (χ4n) is 2.12. The predicted molar refractivity (Wildman–Crippen MR) is 82.5 cm³/mol. The highest BCUT2D eigenvalue weighted by Gasteiger charge is 2.13. The summed E-state index contributed by atoms with van der Waals surface area (Å²) in [6.45, 7) is 2.01. The lowest BCUT2D eigenvalue weighted by Gasteiger charge is -2.10. The van der Waals surface area contributed by atoms with E-state index in [1.54, 1.807) is 39.3 Å². The molecule has 1 heterocycles. The van der Waals surface area contributed by atoms with Crippen LogP contribution in [0, 0.1) is 6.92 Å². The number of benzene rings is 1. The van der Waals surface area contributed by atoms with Gasteiger partial charge in [-0.05, 0) is 36.2 Å². The Morgan fingerprint density at radius 3 is 2.55 bits per heavy atom. The Hall–Kier alpha value is -2.76. The number of rotatable bonds is 5. The van der Waals surface area contributed by atoms with Crippen molar-refractivity contribution in [3.05, 3.63) is 57.5 Å². The SMILES string of the molecule is COc1ccc(CNC(=O)c2c(C)cc[nH]c2=O)cc1OC. The second-order valence-corrected chi connectivity index (χ2v) is 4.74. The number of aromatic amines is 1. The lowest BCUT2D eigenvalue weighted by Crippen LogP contribution is -2.30. The molecule has 0 saturated carbocycles. The normalized spacial score (nSPS) is 10.1. The van der Waals surface area contributed by atoms with Gasteiger partial charge in [-0.2, -0.15) is 0 Å². The number of aryl methyl sites for hydroxylation is 1. The molecule has 1 aromatic heterocycles. The number of ether oxygens (including phenoxy) is 2. The number of carbonyl (C=O) groups excluding carboxylic acids is 1. The summed E-state index contributed by atoms with van der Waals surface area (Å²) in [4.78, 5) is 26.4. The van der Waals surface area contributed by atoms with Crippen LogP contribution in [0.5, 0.6) is 11.5 Å². The third kappa shape index (κ3) is 3.28. The van der Waals surface area contributed by atoms with Crippen molar-refractivity contribution < 1.29 is 14.3 Å². The maximum absolute atomic E-state index is 12.2. The van der Waals surface area contributed by atoms with Crippen LogP contribution in [0.15, 0.2) is 35.3 Å². The van der Waals surface area contributed by atoms with Gasteiger partial charge in [-0.3, -0.25) is 9.59 Å². The van der Waals surface area contributed by atoms with Crippen molar-refractivity contribution in [2.24, 2.45) is 0 Å². The second kappa shape index (κ2) is 6.80. The van der Waals surface area contributed by atoms with Crippen molar-refractivity contribution in [2.45, 2.75) is 13.5 Å². The number of amides is 1. The van der Waals surface area contributed by atoms with Gasteiger partial charge in [0.1, 0.15) is 5.56 Å². The Morgan fingerprint density at radius 2 is 1.91 bits per heavy atom. The van der Waals surface area contributed by atoms with Crippen LogP contribution in [0.3, 0.4) is 0 Å². The number of hydrogen-bond acceptors (Lipinski definition) is 4. The summed E-state index contributed by atoms with van der Waals surface area (Å²) in [7, 11) is 3.11. The van der Waals surface area contributed by atoms with E-state index in [4.69, 9.17) is 9.47 Å². The molecule has 2 aromatic rings. The Morgan fingerprint density at radius 1 is 1.18 bits per heavy atom. The van der Waals surface area contributed by atoms with Crippen LogP contribution in [0.2, 0.25) is 0 Å². The van der Waals surface area contributed by atoms with E-state index in [9.17, 15) is 9.59 Å². The first-order valence-corrected chi connectivity index (χ1v) is 6.74. The molecule has 22 heavy (non-hydrogen) atoms. The molecule has 0 radical (unpaired) electrons. The molecule has 6 nitrogen and oxygen atoms in total. The maximum atomic E-state index is 12.2. The van der Waals surface area contributed by atoms with Gasteiger partial charge in [0.15, 0.2) is 11.5 Å². The van der Waals surface area contributed by atoms with Gasteiger partial charge in [-0.25, -0.2) is 0 Å². The maximum Gasteiger partial charge on any atom is 0.261 e. The van der Waals surface area contributed by atoms with E-state index in [-0.39, 0.29) is 12.1 Å². The molecule has 2 N–H and O–H groups in total. The third-order valence-corrected chi connectivity index (χ3v) is 3.30. The standard InChI is InChI=1S/C16H18N2O4/c1-10-6-7-17-15(19)14(10)16(20)18-9-11-4-5-12(21-2)13(8-11)22-3/h4-8H,9H2,1-3H3,(H,17,19)(H,18,20). The molecule has 0 aliphatic heterocycles. The van der Waals surface area contributed by atoms with Crippen LogP contribution in [-0.4, -0.2) is 25.1 Å². The molecule has 0 bridgehead atoms. The number of H-pyrrole nitrogens is 1. The number of pyridine rings is 1. The van der Waals surface area contributed by atoms with E-state index >= 15 is 0 Å². The van der Waals surface area contributed by atoms with E-state index in [1.807, 2.05) is 6.07 Å². The summed E-state index contributed by atoms with van der Waals surface area (Å²) < 4.78 is 10.4. The topological polar surface area (TPSA) is 80.4 Å². The van der Waals surface area contributed by atoms with Gasteiger partial charge in [0.05, 0.1) is 14.2 Å². The smallest absolute Gasteiger partial charge is 0.261 e. The van der Waals surface area contributed by atoms with E-state index in [1.165, 1.54) is 6.20 Å². The molecule has 116 valence electrons. The summed E-state index contributed by atoms with van der Waals surface area (Å²) in [5, 5.41) is 2.73. The number of nitrogens with one attached hydrogen (secondary N) is 2. The highest BCUT2D eigenvalue weighted by molar-refractivity contribution is 5.95. The lowest BCUT2D eigenvalue weighted by atomic mass is 10.1. The van der Waals surface area contributed by atoms with Crippen molar-refractivity contribution in [1.29, 1.82) is 0 Å². The summed E-state index contributed by atoms with van der Waals surface area (Å²) in [5.74, 6) is 0.796. The van der Waals surface area contributed by atoms with Gasteiger partial charge in [0.2, 0.25) is 0 Å². The van der Waals surface area contributed by atoms with Gasteiger partial charge in [0, 0.05) is 12.7 Å². The molecular formula is C16H18N2O4. The van der Waals surface area contributed by atoms with Crippen molar-refractivity contribution in [1.82, 2.24) is 10.3 Å². The highest BCUT2D eigenvalue weighted by Crippen LogP contribution is 2.27. The minimum atomic E-state index is -0.408. The number of aromatic nitrogens is 1. The van der Waals surface area contributed by atoms with Crippen molar-refractivity contribution in [2.75, 3.05) is 14.2 Å². The van der Waals surface area contributed by atoms with E-state index in [0.717, 1.165) is 5.56 Å². The molecule has 2 rings (SSSR count). The van der Waals surface area contributed by atoms with Crippen LogP contribution in [-0.2, 0) is 6.54 Å². The summed E-state index contributed by atoms with van der Waals surface area (Å²) >= 11 is 0. The third-order valence-electron chi connectivity index (χ3n) is 3.30. The van der Waals surface area contributed by atoms with Crippen LogP contribution in [0.4, 0.5) is 0 Å². The van der Waals surface area contributed by atoms with Crippen molar-refractivity contribution >= 4 is 5.91 Å². The van der Waals surface area contributed by atoms with Gasteiger partial charge >= 0.3 is 0 Å². The van der Waals surface area contributed by atoms with Crippen LogP contribution < -0.4 is 20.3 Å². The molecule has 0 fully saturated rings. The number of methoxy groups -OCH3 is 2. The first-order valence-electron chi connectivity index (χ1n) is 6.74. The zero-order valence-electron chi connectivity index (χ0n) is 12.7. The first kappa shape index (κ1) is 15.6. The molecule has 0 spiro atoms. The van der Waals surface area contributed by atoms with Crippen LogP contribution in [0.1, 0.15) is 21.5 Å². The van der Waals surface area contributed by atoms with Crippen LogP contribution >= 0.6 is 0 Å². The molecular weight excluding hydrogens is 284 g/mol. The summed E-state index contributed by atoms with van der Waals surface area (Å²) in [6.07, 6.45) is 1.52. The average molecular weight is 302 g/mol. The minimum Gasteiger partial charge on any atom is -0.493 e. The zero-order valence-corrected chi connectivity index (χ0v) is 12.7. The van der Waals surface area contributed by atoms with E-state index in [0.29, 0.717) is 17.1 Å². The molecule has 0 aliphatic carbocycles.